The van der Waals surface area contributed by atoms with Crippen molar-refractivity contribution in [2.75, 3.05) is 5.32 Å². The molecule has 0 spiro atoms. The van der Waals surface area contributed by atoms with Gasteiger partial charge in [0.2, 0.25) is 0 Å². The minimum absolute atomic E-state index is 0.213. The molecule has 0 aromatic heterocycles. The molecule has 2 N–H and O–H groups in total. The van der Waals surface area contributed by atoms with Gasteiger partial charge in [0.1, 0.15) is 5.75 Å². The van der Waals surface area contributed by atoms with Crippen molar-refractivity contribution in [3.63, 3.8) is 0 Å². The van der Waals surface area contributed by atoms with Gasteiger partial charge in [0.05, 0.1) is 6.04 Å². The van der Waals surface area contributed by atoms with Gasteiger partial charge in [-0.2, -0.15) is 0 Å². The zero-order chi connectivity index (χ0) is 16.8. The van der Waals surface area contributed by atoms with Gasteiger partial charge in [0.15, 0.2) is 0 Å². The Labute approximate surface area is 147 Å². The lowest BCUT2D eigenvalue weighted by atomic mass is 9.77. The van der Waals surface area contributed by atoms with Gasteiger partial charge in [0.25, 0.3) is 0 Å². The summed E-state index contributed by atoms with van der Waals surface area (Å²) in [7, 11) is 0. The quantitative estimate of drug-likeness (QED) is 0.571. The number of hydrogen-bond acceptors (Lipinski definition) is 2. The molecule has 0 amide bonds. The molecule has 0 saturated heterocycles. The Morgan fingerprint density at radius 2 is 1.64 bits per heavy atom. The fourth-order valence-electron chi connectivity index (χ4n) is 4.44. The monoisotopic (exact) mass is 327 g/mol. The van der Waals surface area contributed by atoms with Crippen LogP contribution in [0, 0.1) is 0 Å². The van der Waals surface area contributed by atoms with Crippen molar-refractivity contribution in [3.8, 4) is 5.75 Å². The van der Waals surface area contributed by atoms with Crippen LogP contribution in [0.5, 0.6) is 5.75 Å². The summed E-state index contributed by atoms with van der Waals surface area (Å²) in [6.07, 6.45) is 4.84. The van der Waals surface area contributed by atoms with Crippen molar-refractivity contribution in [1.29, 1.82) is 0 Å². The Hall–Kier alpha value is -2.74. The first kappa shape index (κ1) is 14.6. The molecule has 1 aliphatic heterocycles. The number of rotatable bonds is 1. The van der Waals surface area contributed by atoms with Crippen LogP contribution < -0.4 is 5.32 Å². The van der Waals surface area contributed by atoms with Gasteiger partial charge >= 0.3 is 0 Å². The zero-order valence-electron chi connectivity index (χ0n) is 14.1. The van der Waals surface area contributed by atoms with Gasteiger partial charge < -0.3 is 10.4 Å². The molecule has 2 aliphatic rings. The lowest BCUT2D eigenvalue weighted by molar-refractivity contribution is 0.475. The van der Waals surface area contributed by atoms with Crippen LogP contribution in [0.4, 0.5) is 5.69 Å². The van der Waals surface area contributed by atoms with Gasteiger partial charge in [-0.25, -0.2) is 0 Å². The molecular weight excluding hydrogens is 306 g/mol. The molecule has 2 heteroatoms. The van der Waals surface area contributed by atoms with Crippen LogP contribution in [0.25, 0.3) is 16.3 Å². The van der Waals surface area contributed by atoms with Crippen LogP contribution in [0.2, 0.25) is 0 Å². The van der Waals surface area contributed by atoms with Crippen molar-refractivity contribution in [2.45, 2.75) is 31.7 Å². The van der Waals surface area contributed by atoms with Crippen molar-refractivity contribution in [3.05, 3.63) is 77.4 Å². The molecule has 124 valence electrons. The molecule has 0 bridgehead atoms. The van der Waals surface area contributed by atoms with E-state index in [1.54, 1.807) is 12.1 Å². The third-order valence-electron chi connectivity index (χ3n) is 5.62. The highest BCUT2D eigenvalue weighted by atomic mass is 16.3. The smallest absolute Gasteiger partial charge is 0.115 e. The topological polar surface area (TPSA) is 32.3 Å². The van der Waals surface area contributed by atoms with Crippen molar-refractivity contribution < 1.29 is 5.11 Å². The van der Waals surface area contributed by atoms with Crippen molar-refractivity contribution in [2.24, 2.45) is 0 Å². The molecule has 0 unspecified atom stereocenters. The third kappa shape index (κ3) is 2.32. The predicted octanol–water partition coefficient (Wildman–Crippen LogP) is 6.04. The fourth-order valence-corrected chi connectivity index (χ4v) is 4.44. The highest BCUT2D eigenvalue weighted by molar-refractivity contribution is 6.01. The van der Waals surface area contributed by atoms with E-state index in [1.165, 1.54) is 51.6 Å². The van der Waals surface area contributed by atoms with E-state index in [4.69, 9.17) is 0 Å². The summed E-state index contributed by atoms with van der Waals surface area (Å²) in [5.74, 6) is 0.323. The van der Waals surface area contributed by atoms with Crippen LogP contribution in [0.1, 0.15) is 42.9 Å². The number of hydrogen-bond donors (Lipinski definition) is 2. The van der Waals surface area contributed by atoms with Crippen LogP contribution in [0.3, 0.4) is 0 Å². The average molecular weight is 327 g/mol. The number of anilines is 1. The molecular formula is C23H21NO. The Kier molecular flexibility index (Phi) is 3.30. The van der Waals surface area contributed by atoms with E-state index >= 15 is 0 Å². The van der Waals surface area contributed by atoms with Gasteiger partial charge in [-0.3, -0.25) is 0 Å². The molecule has 2 nitrogen and oxygen atoms in total. The average Bonchev–Trinajstić information content (AvgIpc) is 2.67. The number of phenols is 1. The largest absolute Gasteiger partial charge is 0.508 e. The molecule has 5 rings (SSSR count). The van der Waals surface area contributed by atoms with Gasteiger partial charge in [-0.1, -0.05) is 42.5 Å². The van der Waals surface area contributed by atoms with E-state index in [2.05, 4.69) is 41.7 Å². The minimum Gasteiger partial charge on any atom is -0.508 e. The number of allylic oxidation sites excluding steroid dienone is 1. The molecule has 3 aromatic carbocycles. The first-order valence-electron chi connectivity index (χ1n) is 9.11. The Morgan fingerprint density at radius 1 is 0.840 bits per heavy atom. The number of fused-ring (bicyclic) bond motifs is 4. The lowest BCUT2D eigenvalue weighted by Crippen LogP contribution is -2.22. The van der Waals surface area contributed by atoms with E-state index in [9.17, 15) is 5.11 Å². The maximum Gasteiger partial charge on any atom is 0.115 e. The molecule has 1 aliphatic carbocycles. The first-order valence-corrected chi connectivity index (χ1v) is 9.11. The molecule has 25 heavy (non-hydrogen) atoms. The van der Waals surface area contributed by atoms with E-state index in [0.29, 0.717) is 5.75 Å². The summed E-state index contributed by atoms with van der Waals surface area (Å²) in [4.78, 5) is 0. The highest BCUT2D eigenvalue weighted by Crippen LogP contribution is 2.48. The van der Waals surface area contributed by atoms with Crippen LogP contribution in [0.15, 0.2) is 66.2 Å². The van der Waals surface area contributed by atoms with Crippen molar-refractivity contribution in [1.82, 2.24) is 0 Å². The molecule has 1 atom stereocenters. The Bertz CT molecular complexity index is 985. The zero-order valence-corrected chi connectivity index (χ0v) is 14.1. The third-order valence-corrected chi connectivity index (χ3v) is 5.62. The van der Waals surface area contributed by atoms with Crippen LogP contribution >= 0.6 is 0 Å². The summed E-state index contributed by atoms with van der Waals surface area (Å²) in [6.45, 7) is 0. The molecule has 1 heterocycles. The van der Waals surface area contributed by atoms with E-state index in [-0.39, 0.29) is 6.04 Å². The van der Waals surface area contributed by atoms with E-state index in [0.717, 1.165) is 12.8 Å². The second-order valence-corrected chi connectivity index (χ2v) is 7.09. The minimum atomic E-state index is 0.213. The molecule has 0 saturated carbocycles. The SMILES string of the molecule is Oc1ccc([C@@H]2Nc3ccc4ccccc4c3C3=C2CCCC3)cc1. The van der Waals surface area contributed by atoms with Crippen LogP contribution in [-0.4, -0.2) is 5.11 Å². The number of benzene rings is 3. The summed E-state index contributed by atoms with van der Waals surface area (Å²) >= 11 is 0. The maximum absolute atomic E-state index is 9.63. The normalized spacial score (nSPS) is 19.3. The molecule has 0 radical (unpaired) electrons. The Morgan fingerprint density at radius 3 is 2.52 bits per heavy atom. The standard InChI is InChI=1S/C23H21NO/c25-17-12-9-16(10-13-17)23-20-8-4-3-7-19(20)22-18-6-2-1-5-15(18)11-14-21(22)24-23/h1-2,5-6,9-14,23-25H,3-4,7-8H2/t23-/m0/s1. The van der Waals surface area contributed by atoms with Gasteiger partial charge in [-0.15, -0.1) is 0 Å². The number of nitrogens with one attached hydrogen (secondary N) is 1. The molecule has 3 aromatic rings. The highest BCUT2D eigenvalue weighted by Gasteiger charge is 2.30. The number of aromatic hydroxyl groups is 1. The Balaban J connectivity index is 1.73. The van der Waals surface area contributed by atoms with Gasteiger partial charge in [0, 0.05) is 11.3 Å². The van der Waals surface area contributed by atoms with Crippen LogP contribution in [-0.2, 0) is 0 Å². The maximum atomic E-state index is 9.63. The summed E-state index contributed by atoms with van der Waals surface area (Å²) in [6, 6.07) is 21.0. The second-order valence-electron chi connectivity index (χ2n) is 7.09. The summed E-state index contributed by atoms with van der Waals surface area (Å²) < 4.78 is 0. The first-order chi connectivity index (χ1) is 12.3. The summed E-state index contributed by atoms with van der Waals surface area (Å²) in [5, 5.41) is 16.1. The van der Waals surface area contributed by atoms with Crippen molar-refractivity contribution >= 4 is 22.0 Å². The van der Waals surface area contributed by atoms with E-state index < -0.39 is 0 Å². The second kappa shape index (κ2) is 5.66. The predicted molar refractivity (Wildman–Crippen MR) is 104 cm³/mol. The lowest BCUT2D eigenvalue weighted by Gasteiger charge is -2.36. The van der Waals surface area contributed by atoms with E-state index in [1.807, 2.05) is 12.1 Å². The summed E-state index contributed by atoms with van der Waals surface area (Å²) in [5.41, 5.74) is 6.93. The van der Waals surface area contributed by atoms with Gasteiger partial charge in [-0.05, 0) is 71.4 Å². The number of phenolic OH excluding ortho intramolecular Hbond substituents is 1. The fraction of sp³-hybridized carbons (Fsp3) is 0.217. The molecule has 0 fully saturated rings.